The second-order valence-corrected chi connectivity index (χ2v) is 7.93. The van der Waals surface area contributed by atoms with Gasteiger partial charge in [0, 0.05) is 16.8 Å². The average Bonchev–Trinajstić information content (AvgIpc) is 3.08. The van der Waals surface area contributed by atoms with E-state index in [1.54, 1.807) is 48.5 Å². The van der Waals surface area contributed by atoms with E-state index >= 15 is 0 Å². The number of aromatic nitrogens is 1. The molecule has 0 aliphatic rings. The van der Waals surface area contributed by atoms with Crippen LogP contribution in [0.4, 0.5) is 5.69 Å². The molecule has 8 heteroatoms. The quantitative estimate of drug-likeness (QED) is 0.296. The summed E-state index contributed by atoms with van der Waals surface area (Å²) in [6, 6.07) is 13.8. The Morgan fingerprint density at radius 1 is 1.07 bits per heavy atom. The van der Waals surface area contributed by atoms with Crippen molar-refractivity contribution in [2.75, 3.05) is 0 Å². The third-order valence-corrected chi connectivity index (χ3v) is 5.61. The topological polar surface area (TPSA) is 58.6 Å². The number of oxazole rings is 1. The number of halogens is 4. The molecule has 0 fully saturated rings. The summed E-state index contributed by atoms with van der Waals surface area (Å²) in [5.74, 6) is 0.439. The summed E-state index contributed by atoms with van der Waals surface area (Å²) >= 11 is 21.6. The van der Waals surface area contributed by atoms with Crippen molar-refractivity contribution in [1.82, 2.24) is 4.98 Å². The monoisotopic (exact) mass is 494 g/mol. The molecule has 0 aliphatic heterocycles. The zero-order valence-corrected chi connectivity index (χ0v) is 17.8. The number of rotatable bonds is 3. The van der Waals surface area contributed by atoms with E-state index in [2.05, 4.69) is 25.9 Å². The standard InChI is InChI=1S/C20H10BrCl3N2O2/c21-14-7-11(22)6-10(19(14)27)9-25-12-4-5-17-16(8-12)26-20(28-17)13-2-1-3-15(23)18(13)24/h1-9,27H. The predicted octanol–water partition coefficient (Wildman–Crippen LogP) is 7.67. The number of hydrogen-bond donors (Lipinski definition) is 1. The molecule has 0 atom stereocenters. The van der Waals surface area contributed by atoms with E-state index in [4.69, 9.17) is 39.2 Å². The first-order chi connectivity index (χ1) is 13.4. The molecular weight excluding hydrogens is 486 g/mol. The third kappa shape index (κ3) is 3.76. The highest BCUT2D eigenvalue weighted by Crippen LogP contribution is 2.35. The van der Waals surface area contributed by atoms with Gasteiger partial charge < -0.3 is 9.52 Å². The normalized spacial score (nSPS) is 11.6. The molecule has 0 saturated carbocycles. The minimum atomic E-state index is 0.0635. The van der Waals surface area contributed by atoms with Crippen LogP contribution in [0.3, 0.4) is 0 Å². The molecule has 0 radical (unpaired) electrons. The molecule has 0 aliphatic carbocycles. The number of phenols is 1. The zero-order chi connectivity index (χ0) is 19.8. The number of aromatic hydroxyl groups is 1. The fourth-order valence-electron chi connectivity index (χ4n) is 2.61. The van der Waals surface area contributed by atoms with E-state index < -0.39 is 0 Å². The maximum Gasteiger partial charge on any atom is 0.228 e. The maximum absolute atomic E-state index is 10.1. The maximum atomic E-state index is 10.1. The van der Waals surface area contributed by atoms with Gasteiger partial charge >= 0.3 is 0 Å². The van der Waals surface area contributed by atoms with Crippen LogP contribution in [0.1, 0.15) is 5.56 Å². The molecule has 140 valence electrons. The largest absolute Gasteiger partial charge is 0.506 e. The molecule has 0 saturated heterocycles. The molecule has 3 aromatic carbocycles. The van der Waals surface area contributed by atoms with Crippen LogP contribution in [0.15, 0.2) is 62.4 Å². The van der Waals surface area contributed by atoms with E-state index in [1.165, 1.54) is 6.21 Å². The summed E-state index contributed by atoms with van der Waals surface area (Å²) in [6.07, 6.45) is 1.53. The second-order valence-electron chi connectivity index (χ2n) is 5.86. The van der Waals surface area contributed by atoms with Gasteiger partial charge in [0.1, 0.15) is 11.3 Å². The van der Waals surface area contributed by atoms with Gasteiger partial charge in [-0.2, -0.15) is 0 Å². The van der Waals surface area contributed by atoms with Gasteiger partial charge in [-0.1, -0.05) is 40.9 Å². The van der Waals surface area contributed by atoms with E-state index in [9.17, 15) is 5.11 Å². The first-order valence-corrected chi connectivity index (χ1v) is 9.92. The first kappa shape index (κ1) is 19.3. The van der Waals surface area contributed by atoms with E-state index in [0.717, 1.165) is 0 Å². The lowest BCUT2D eigenvalue weighted by Crippen LogP contribution is -1.84. The molecule has 0 spiro atoms. The van der Waals surface area contributed by atoms with E-state index in [0.29, 0.717) is 53.3 Å². The molecule has 1 heterocycles. The lowest BCUT2D eigenvalue weighted by molar-refractivity contribution is 0.471. The molecule has 1 aromatic heterocycles. The van der Waals surface area contributed by atoms with Crippen LogP contribution < -0.4 is 0 Å². The van der Waals surface area contributed by atoms with Crippen LogP contribution >= 0.6 is 50.7 Å². The second kappa shape index (κ2) is 7.76. The Morgan fingerprint density at radius 2 is 1.89 bits per heavy atom. The molecule has 4 nitrogen and oxygen atoms in total. The molecule has 1 N–H and O–H groups in total. The van der Waals surface area contributed by atoms with Gasteiger partial charge in [-0.15, -0.1) is 0 Å². The van der Waals surface area contributed by atoms with Gasteiger partial charge in [-0.05, 0) is 58.4 Å². The Morgan fingerprint density at radius 3 is 2.71 bits per heavy atom. The van der Waals surface area contributed by atoms with Gasteiger partial charge in [-0.3, -0.25) is 4.99 Å². The fraction of sp³-hybridized carbons (Fsp3) is 0. The number of hydrogen-bond acceptors (Lipinski definition) is 4. The first-order valence-electron chi connectivity index (χ1n) is 7.99. The summed E-state index contributed by atoms with van der Waals surface area (Å²) in [7, 11) is 0. The van der Waals surface area contributed by atoms with Gasteiger partial charge in [0.05, 0.1) is 25.8 Å². The zero-order valence-electron chi connectivity index (χ0n) is 14.0. The van der Waals surface area contributed by atoms with Crippen LogP contribution in [0, 0.1) is 0 Å². The van der Waals surface area contributed by atoms with Crippen molar-refractivity contribution in [1.29, 1.82) is 0 Å². The summed E-state index contributed by atoms with van der Waals surface area (Å²) in [6.45, 7) is 0. The molecule has 4 rings (SSSR count). The molecule has 4 aromatic rings. The van der Waals surface area contributed by atoms with Gasteiger partial charge in [0.15, 0.2) is 5.58 Å². The van der Waals surface area contributed by atoms with Crippen molar-refractivity contribution in [3.63, 3.8) is 0 Å². The van der Waals surface area contributed by atoms with Crippen LogP contribution in [0.5, 0.6) is 5.75 Å². The minimum absolute atomic E-state index is 0.0635. The Bertz CT molecular complexity index is 1240. The molecule has 0 amide bonds. The Hall–Kier alpha value is -2.05. The van der Waals surface area contributed by atoms with Crippen molar-refractivity contribution >= 4 is 73.7 Å². The number of aliphatic imine (C=N–C) groups is 1. The van der Waals surface area contributed by atoms with Gasteiger partial charge in [0.25, 0.3) is 0 Å². The molecule has 0 unspecified atom stereocenters. The van der Waals surface area contributed by atoms with Crippen molar-refractivity contribution in [2.24, 2.45) is 4.99 Å². The van der Waals surface area contributed by atoms with E-state index in [1.807, 2.05) is 0 Å². The highest BCUT2D eigenvalue weighted by Gasteiger charge is 2.14. The molecule has 28 heavy (non-hydrogen) atoms. The smallest absolute Gasteiger partial charge is 0.228 e. The van der Waals surface area contributed by atoms with Crippen LogP contribution in [-0.4, -0.2) is 16.3 Å². The SMILES string of the molecule is Oc1c(Br)cc(Cl)cc1C=Nc1ccc2oc(-c3cccc(Cl)c3Cl)nc2c1. The summed E-state index contributed by atoms with van der Waals surface area (Å²) < 4.78 is 6.29. The average molecular weight is 497 g/mol. The summed E-state index contributed by atoms with van der Waals surface area (Å²) in [5, 5.41) is 11.4. The number of nitrogens with zero attached hydrogens (tertiary/aromatic N) is 2. The predicted molar refractivity (Wildman–Crippen MR) is 118 cm³/mol. The van der Waals surface area contributed by atoms with Crippen LogP contribution in [-0.2, 0) is 0 Å². The van der Waals surface area contributed by atoms with Crippen LogP contribution in [0.2, 0.25) is 15.1 Å². The number of benzene rings is 3. The highest BCUT2D eigenvalue weighted by atomic mass is 79.9. The third-order valence-electron chi connectivity index (χ3n) is 3.96. The number of fused-ring (bicyclic) bond motifs is 1. The summed E-state index contributed by atoms with van der Waals surface area (Å²) in [5.41, 5.74) is 2.96. The van der Waals surface area contributed by atoms with Crippen molar-refractivity contribution in [3.8, 4) is 17.2 Å². The Kier molecular flexibility index (Phi) is 5.34. The molecule has 0 bridgehead atoms. The fourth-order valence-corrected chi connectivity index (χ4v) is 3.82. The van der Waals surface area contributed by atoms with Crippen molar-refractivity contribution < 1.29 is 9.52 Å². The number of phenolic OH excluding ortho intramolecular Hbond substituents is 1. The lowest BCUT2D eigenvalue weighted by atomic mass is 10.2. The minimum Gasteiger partial charge on any atom is -0.506 e. The molecular formula is C20H10BrCl3N2O2. The van der Waals surface area contributed by atoms with E-state index in [-0.39, 0.29) is 5.75 Å². The van der Waals surface area contributed by atoms with Crippen molar-refractivity contribution in [2.45, 2.75) is 0 Å². The highest BCUT2D eigenvalue weighted by molar-refractivity contribution is 9.10. The van der Waals surface area contributed by atoms with Crippen molar-refractivity contribution in [3.05, 3.63) is 73.6 Å². The Labute approximate surface area is 183 Å². The lowest BCUT2D eigenvalue weighted by Gasteiger charge is -2.02. The van der Waals surface area contributed by atoms with Gasteiger partial charge in [0.2, 0.25) is 5.89 Å². The van der Waals surface area contributed by atoms with Gasteiger partial charge in [-0.25, -0.2) is 4.98 Å². The Balaban J connectivity index is 1.70. The summed E-state index contributed by atoms with van der Waals surface area (Å²) in [4.78, 5) is 8.87. The van der Waals surface area contributed by atoms with Crippen LogP contribution in [0.25, 0.3) is 22.6 Å².